The van der Waals surface area contributed by atoms with E-state index >= 15 is 0 Å². The average molecular weight is 454 g/mol. The van der Waals surface area contributed by atoms with Crippen LogP contribution in [0, 0.1) is 6.92 Å². The molecule has 3 aromatic rings. The molecule has 7 nitrogen and oxygen atoms in total. The number of nitrogens with zero attached hydrogens (tertiary/aromatic N) is 1. The first kappa shape index (κ1) is 21.5. The third-order valence-electron chi connectivity index (χ3n) is 5.34. The Morgan fingerprint density at radius 3 is 2.62 bits per heavy atom. The van der Waals surface area contributed by atoms with Crippen LogP contribution in [0.1, 0.15) is 28.5 Å². The smallest absolute Gasteiger partial charge is 0.296 e. The summed E-state index contributed by atoms with van der Waals surface area (Å²) in [4.78, 5) is 27.4. The summed E-state index contributed by atoms with van der Waals surface area (Å²) in [6, 6.07) is 11.9. The number of phenols is 1. The van der Waals surface area contributed by atoms with Crippen LogP contribution in [-0.4, -0.2) is 33.9 Å². The number of halogens is 1. The summed E-state index contributed by atoms with van der Waals surface area (Å²) in [7, 11) is 1.45. The first-order valence-electron chi connectivity index (χ1n) is 9.76. The quantitative estimate of drug-likeness (QED) is 0.333. The molecule has 0 bridgehead atoms. The molecule has 1 unspecified atom stereocenters. The third kappa shape index (κ3) is 3.71. The van der Waals surface area contributed by atoms with Crippen LogP contribution in [0.4, 0.5) is 0 Å². The molecule has 1 aliphatic rings. The number of aromatic hydroxyl groups is 1. The Hall–Kier alpha value is -3.71. The molecule has 2 aromatic carbocycles. The van der Waals surface area contributed by atoms with E-state index in [9.17, 15) is 19.8 Å². The van der Waals surface area contributed by atoms with Crippen molar-refractivity contribution in [1.29, 1.82) is 0 Å². The maximum absolute atomic E-state index is 13.1. The predicted molar refractivity (Wildman–Crippen MR) is 117 cm³/mol. The summed E-state index contributed by atoms with van der Waals surface area (Å²) in [5.74, 6) is -1.31. The topological polar surface area (TPSA) is 100 Å². The van der Waals surface area contributed by atoms with Gasteiger partial charge in [0.1, 0.15) is 23.0 Å². The van der Waals surface area contributed by atoms with Gasteiger partial charge >= 0.3 is 0 Å². The van der Waals surface area contributed by atoms with Crippen molar-refractivity contribution in [2.24, 2.45) is 0 Å². The molecular weight excluding hydrogens is 434 g/mol. The van der Waals surface area contributed by atoms with Crippen LogP contribution in [-0.2, 0) is 16.1 Å². The molecule has 0 saturated carbocycles. The SMILES string of the molecule is COc1ccc(C)cc1/C(O)=C1\C(=O)C(=O)N(Cc2ccco2)C1c1ccc(O)c(Cl)c1. The summed E-state index contributed by atoms with van der Waals surface area (Å²) in [5.41, 5.74) is 1.47. The van der Waals surface area contributed by atoms with Gasteiger partial charge < -0.3 is 24.3 Å². The maximum atomic E-state index is 13.1. The van der Waals surface area contributed by atoms with E-state index in [0.29, 0.717) is 22.6 Å². The third-order valence-corrected chi connectivity index (χ3v) is 5.65. The number of amides is 1. The first-order valence-corrected chi connectivity index (χ1v) is 10.1. The molecule has 2 heterocycles. The number of phenolic OH excluding ortho intramolecular Hbond substituents is 1. The Balaban J connectivity index is 1.93. The van der Waals surface area contributed by atoms with Crippen molar-refractivity contribution in [3.8, 4) is 11.5 Å². The van der Waals surface area contributed by atoms with Gasteiger partial charge in [0.05, 0.1) is 42.1 Å². The van der Waals surface area contributed by atoms with Gasteiger partial charge in [0.25, 0.3) is 11.7 Å². The van der Waals surface area contributed by atoms with E-state index in [2.05, 4.69) is 0 Å². The molecule has 1 amide bonds. The Morgan fingerprint density at radius 1 is 1.19 bits per heavy atom. The zero-order valence-corrected chi connectivity index (χ0v) is 18.1. The van der Waals surface area contributed by atoms with Crippen molar-refractivity contribution in [3.63, 3.8) is 0 Å². The number of rotatable bonds is 5. The molecule has 4 rings (SSSR count). The molecule has 0 aliphatic carbocycles. The fourth-order valence-corrected chi connectivity index (χ4v) is 3.99. The number of aryl methyl sites for hydroxylation is 1. The Bertz CT molecular complexity index is 1230. The number of aliphatic hydroxyl groups is 1. The standard InChI is InChI=1S/C24H20ClNO6/c1-13-5-8-19(31-2)16(10-13)22(28)20-21(14-6-7-18(27)17(25)11-14)26(24(30)23(20)29)12-15-4-3-9-32-15/h3-11,21,27-28H,12H2,1-2H3/b22-20+. The van der Waals surface area contributed by atoms with Gasteiger partial charge in [-0.25, -0.2) is 0 Å². The molecule has 0 spiro atoms. The van der Waals surface area contributed by atoms with Crippen molar-refractivity contribution in [1.82, 2.24) is 4.90 Å². The maximum Gasteiger partial charge on any atom is 0.296 e. The highest BCUT2D eigenvalue weighted by Crippen LogP contribution is 2.43. The van der Waals surface area contributed by atoms with Crippen molar-refractivity contribution in [2.45, 2.75) is 19.5 Å². The summed E-state index contributed by atoms with van der Waals surface area (Å²) < 4.78 is 10.7. The molecule has 32 heavy (non-hydrogen) atoms. The molecule has 0 radical (unpaired) electrons. The van der Waals surface area contributed by atoms with E-state index in [1.807, 2.05) is 13.0 Å². The fraction of sp³-hybridized carbons (Fsp3) is 0.167. The van der Waals surface area contributed by atoms with E-state index < -0.39 is 17.7 Å². The summed E-state index contributed by atoms with van der Waals surface area (Å²) in [6.07, 6.45) is 1.47. The highest BCUT2D eigenvalue weighted by molar-refractivity contribution is 6.46. The average Bonchev–Trinajstić information content (AvgIpc) is 3.37. The number of ether oxygens (including phenoxy) is 1. The number of hydrogen-bond donors (Lipinski definition) is 2. The second kappa shape index (κ2) is 8.43. The number of ketones is 1. The molecular formula is C24H20ClNO6. The lowest BCUT2D eigenvalue weighted by molar-refractivity contribution is -0.140. The number of hydrogen-bond acceptors (Lipinski definition) is 6. The van der Waals surface area contributed by atoms with Crippen molar-refractivity contribution in [2.75, 3.05) is 7.11 Å². The minimum atomic E-state index is -0.955. The summed E-state index contributed by atoms with van der Waals surface area (Å²) in [6.45, 7) is 1.84. The number of carbonyl (C=O) groups is 2. The van der Waals surface area contributed by atoms with Gasteiger partial charge in [-0.2, -0.15) is 0 Å². The van der Waals surface area contributed by atoms with Crippen molar-refractivity contribution in [3.05, 3.63) is 87.8 Å². The summed E-state index contributed by atoms with van der Waals surface area (Å²) >= 11 is 6.11. The lowest BCUT2D eigenvalue weighted by Crippen LogP contribution is -2.29. The zero-order chi connectivity index (χ0) is 23.0. The second-order valence-corrected chi connectivity index (χ2v) is 7.83. The summed E-state index contributed by atoms with van der Waals surface area (Å²) in [5, 5.41) is 21.1. The molecule has 1 fully saturated rings. The van der Waals surface area contributed by atoms with Gasteiger partial charge in [-0.05, 0) is 48.9 Å². The van der Waals surface area contributed by atoms with E-state index in [4.69, 9.17) is 20.8 Å². The van der Waals surface area contributed by atoms with Crippen LogP contribution in [0.15, 0.2) is 64.8 Å². The number of aliphatic hydroxyl groups excluding tert-OH is 1. The van der Waals surface area contributed by atoms with Gasteiger partial charge in [-0.3, -0.25) is 9.59 Å². The van der Waals surface area contributed by atoms with Crippen molar-refractivity contribution >= 4 is 29.1 Å². The number of benzene rings is 2. The second-order valence-electron chi connectivity index (χ2n) is 7.42. The molecule has 8 heteroatoms. The predicted octanol–water partition coefficient (Wildman–Crippen LogP) is 4.58. The minimum absolute atomic E-state index is 0.00245. The lowest BCUT2D eigenvalue weighted by Gasteiger charge is -2.25. The number of Topliss-reactive ketones (excluding diaryl/α,β-unsaturated/α-hetero) is 1. The first-order chi connectivity index (χ1) is 15.3. The van der Waals surface area contributed by atoms with Gasteiger partial charge in [0.2, 0.25) is 0 Å². The molecule has 1 saturated heterocycles. The monoisotopic (exact) mass is 453 g/mol. The largest absolute Gasteiger partial charge is 0.507 e. The van der Waals surface area contributed by atoms with Crippen LogP contribution in [0.3, 0.4) is 0 Å². The van der Waals surface area contributed by atoms with Crippen LogP contribution in [0.2, 0.25) is 5.02 Å². The highest BCUT2D eigenvalue weighted by atomic mass is 35.5. The molecule has 1 aromatic heterocycles. The van der Waals surface area contributed by atoms with Gasteiger partial charge in [0, 0.05) is 0 Å². The van der Waals surface area contributed by atoms with Gasteiger partial charge in [-0.1, -0.05) is 29.3 Å². The number of likely N-dealkylation sites (tertiary alicyclic amines) is 1. The Kier molecular flexibility index (Phi) is 5.67. The van der Waals surface area contributed by atoms with Crippen LogP contribution in [0.25, 0.3) is 5.76 Å². The van der Waals surface area contributed by atoms with E-state index in [1.165, 1.54) is 30.4 Å². The van der Waals surface area contributed by atoms with Crippen LogP contribution in [0.5, 0.6) is 11.5 Å². The highest BCUT2D eigenvalue weighted by Gasteiger charge is 2.46. The van der Waals surface area contributed by atoms with E-state index in [0.717, 1.165) is 5.56 Å². The number of methoxy groups -OCH3 is 1. The van der Waals surface area contributed by atoms with Crippen LogP contribution < -0.4 is 4.74 Å². The van der Waals surface area contributed by atoms with Crippen LogP contribution >= 0.6 is 11.6 Å². The fourth-order valence-electron chi connectivity index (χ4n) is 3.81. The normalized spacial score (nSPS) is 17.7. The number of carbonyl (C=O) groups excluding carboxylic acids is 2. The lowest BCUT2D eigenvalue weighted by atomic mass is 9.94. The molecule has 1 atom stereocenters. The van der Waals surface area contributed by atoms with Crippen molar-refractivity contribution < 1.29 is 29.0 Å². The van der Waals surface area contributed by atoms with Gasteiger partial charge in [0.15, 0.2) is 0 Å². The molecule has 164 valence electrons. The Labute approximate surface area is 189 Å². The van der Waals surface area contributed by atoms with Gasteiger partial charge in [-0.15, -0.1) is 0 Å². The minimum Gasteiger partial charge on any atom is -0.507 e. The zero-order valence-electron chi connectivity index (χ0n) is 17.3. The van der Waals surface area contributed by atoms with E-state index in [1.54, 1.807) is 30.3 Å². The molecule has 1 aliphatic heterocycles. The number of furan rings is 1. The Morgan fingerprint density at radius 2 is 1.97 bits per heavy atom. The van der Waals surface area contributed by atoms with E-state index in [-0.39, 0.29) is 28.6 Å². The molecule has 2 N–H and O–H groups in total.